The van der Waals surface area contributed by atoms with Crippen LogP contribution in [0, 0.1) is 0 Å². The molecule has 1 heterocycles. The second-order valence-corrected chi connectivity index (χ2v) is 6.61. The first-order valence-corrected chi connectivity index (χ1v) is 9.05. The molecular formula is C21H25N3O2. The highest BCUT2D eigenvalue weighted by Gasteiger charge is 2.28. The average Bonchev–Trinajstić information content (AvgIpc) is 2.67. The number of nitrogens with one attached hydrogen (secondary N) is 2. The maximum absolute atomic E-state index is 12.6. The number of rotatable bonds is 5. The van der Waals surface area contributed by atoms with E-state index in [4.69, 9.17) is 0 Å². The van der Waals surface area contributed by atoms with Crippen LogP contribution in [0.1, 0.15) is 36.0 Å². The predicted molar refractivity (Wildman–Crippen MR) is 102 cm³/mol. The monoisotopic (exact) mass is 351 g/mol. The average molecular weight is 351 g/mol. The molecule has 0 saturated carbocycles. The molecule has 1 atom stereocenters. The molecule has 0 spiro atoms. The highest BCUT2D eigenvalue weighted by Crippen LogP contribution is 2.33. The lowest BCUT2D eigenvalue weighted by Crippen LogP contribution is -2.45. The maximum atomic E-state index is 12.6. The van der Waals surface area contributed by atoms with Gasteiger partial charge in [-0.05, 0) is 23.1 Å². The Labute approximate surface area is 154 Å². The fourth-order valence-corrected chi connectivity index (χ4v) is 3.39. The van der Waals surface area contributed by atoms with Crippen LogP contribution >= 0.6 is 0 Å². The Kier molecular flexibility index (Phi) is 5.89. The summed E-state index contributed by atoms with van der Waals surface area (Å²) in [4.78, 5) is 25.4. The number of amides is 3. The van der Waals surface area contributed by atoms with Gasteiger partial charge in [0.2, 0.25) is 5.91 Å². The molecule has 0 fully saturated rings. The first kappa shape index (κ1) is 18.0. The number of hydrogen-bond donors (Lipinski definition) is 2. The van der Waals surface area contributed by atoms with Crippen molar-refractivity contribution in [1.82, 2.24) is 15.5 Å². The van der Waals surface area contributed by atoms with Crippen LogP contribution in [-0.2, 0) is 11.3 Å². The Morgan fingerprint density at radius 2 is 1.69 bits per heavy atom. The van der Waals surface area contributed by atoms with Gasteiger partial charge in [-0.15, -0.1) is 0 Å². The van der Waals surface area contributed by atoms with Crippen LogP contribution in [0.15, 0.2) is 54.6 Å². The first-order valence-electron chi connectivity index (χ1n) is 9.05. The Morgan fingerprint density at radius 1 is 1.00 bits per heavy atom. The quantitative estimate of drug-likeness (QED) is 0.814. The van der Waals surface area contributed by atoms with Crippen LogP contribution in [0.4, 0.5) is 4.79 Å². The Morgan fingerprint density at radius 3 is 2.46 bits per heavy atom. The topological polar surface area (TPSA) is 61.4 Å². The molecule has 5 nitrogen and oxygen atoms in total. The van der Waals surface area contributed by atoms with E-state index < -0.39 is 0 Å². The van der Waals surface area contributed by atoms with Crippen molar-refractivity contribution in [3.63, 3.8) is 0 Å². The van der Waals surface area contributed by atoms with Crippen LogP contribution < -0.4 is 10.6 Å². The molecule has 0 saturated heterocycles. The number of fused-ring (bicyclic) bond motifs is 1. The summed E-state index contributed by atoms with van der Waals surface area (Å²) in [7, 11) is 0. The molecule has 3 amide bonds. The summed E-state index contributed by atoms with van der Waals surface area (Å²) in [6.07, 6.45) is 0.720. The van der Waals surface area contributed by atoms with Gasteiger partial charge in [0.25, 0.3) is 0 Å². The van der Waals surface area contributed by atoms with Crippen molar-refractivity contribution in [2.75, 3.05) is 19.6 Å². The zero-order valence-electron chi connectivity index (χ0n) is 15.1. The zero-order chi connectivity index (χ0) is 18.4. The Bertz CT molecular complexity index is 761. The third-order valence-corrected chi connectivity index (χ3v) is 4.69. The molecule has 5 heteroatoms. The number of nitrogens with zero attached hydrogens (tertiary/aromatic N) is 1. The molecule has 2 aromatic carbocycles. The number of benzene rings is 2. The SMILES string of the molecule is CC(=O)NCCCNC(=O)N1Cc2ccccc2C(c2ccccc2)C1. The molecule has 0 radical (unpaired) electrons. The smallest absolute Gasteiger partial charge is 0.317 e. The Balaban J connectivity index is 1.66. The van der Waals surface area contributed by atoms with E-state index in [-0.39, 0.29) is 17.9 Å². The second kappa shape index (κ2) is 8.52. The summed E-state index contributed by atoms with van der Waals surface area (Å²) in [6.45, 7) is 3.90. The lowest BCUT2D eigenvalue weighted by atomic mass is 9.85. The van der Waals surface area contributed by atoms with E-state index >= 15 is 0 Å². The summed E-state index contributed by atoms with van der Waals surface area (Å²) in [6, 6.07) is 18.6. The van der Waals surface area contributed by atoms with Crippen LogP contribution in [0.2, 0.25) is 0 Å². The molecule has 136 valence electrons. The van der Waals surface area contributed by atoms with Crippen LogP contribution in [0.3, 0.4) is 0 Å². The predicted octanol–water partition coefficient (Wildman–Crippen LogP) is 2.87. The largest absolute Gasteiger partial charge is 0.356 e. The van der Waals surface area contributed by atoms with Gasteiger partial charge in [-0.1, -0.05) is 54.6 Å². The van der Waals surface area contributed by atoms with Crippen molar-refractivity contribution >= 4 is 11.9 Å². The normalized spacial score (nSPS) is 15.9. The van der Waals surface area contributed by atoms with Crippen LogP contribution in [0.25, 0.3) is 0 Å². The van der Waals surface area contributed by atoms with Gasteiger partial charge in [0.1, 0.15) is 0 Å². The minimum Gasteiger partial charge on any atom is -0.356 e. The third kappa shape index (κ3) is 4.42. The van der Waals surface area contributed by atoms with Gasteiger partial charge in [-0.2, -0.15) is 0 Å². The number of carbonyl (C=O) groups is 2. The molecule has 1 aliphatic heterocycles. The number of hydrogen-bond acceptors (Lipinski definition) is 2. The van der Waals surface area contributed by atoms with E-state index in [9.17, 15) is 9.59 Å². The van der Waals surface area contributed by atoms with Gasteiger partial charge in [-0.25, -0.2) is 4.79 Å². The van der Waals surface area contributed by atoms with Crippen molar-refractivity contribution < 1.29 is 9.59 Å². The summed E-state index contributed by atoms with van der Waals surface area (Å²) in [5.74, 6) is 0.140. The highest BCUT2D eigenvalue weighted by atomic mass is 16.2. The molecule has 0 aliphatic carbocycles. The molecule has 2 N–H and O–H groups in total. The van der Waals surface area contributed by atoms with E-state index in [0.717, 1.165) is 6.42 Å². The molecule has 0 aromatic heterocycles. The zero-order valence-corrected chi connectivity index (χ0v) is 15.1. The maximum Gasteiger partial charge on any atom is 0.317 e. The van der Waals surface area contributed by atoms with E-state index in [1.54, 1.807) is 0 Å². The standard InChI is InChI=1S/C21H25N3O2/c1-16(25)22-12-7-13-23-21(26)24-14-18-10-5-6-11-19(18)20(15-24)17-8-3-2-4-9-17/h2-6,8-11,20H,7,12-15H2,1H3,(H,22,25)(H,23,26). The van der Waals surface area contributed by atoms with Gasteiger partial charge in [0.05, 0.1) is 0 Å². The van der Waals surface area contributed by atoms with E-state index in [1.165, 1.54) is 23.6 Å². The molecule has 0 bridgehead atoms. The molecule has 3 rings (SSSR count). The first-order chi connectivity index (χ1) is 12.6. The highest BCUT2D eigenvalue weighted by molar-refractivity contribution is 5.75. The lowest BCUT2D eigenvalue weighted by Gasteiger charge is -2.35. The number of carbonyl (C=O) groups excluding carboxylic acids is 2. The molecule has 1 aliphatic rings. The van der Waals surface area contributed by atoms with Gasteiger partial charge in [-0.3, -0.25) is 4.79 Å². The summed E-state index contributed by atoms with van der Waals surface area (Å²) < 4.78 is 0. The van der Waals surface area contributed by atoms with Gasteiger partial charge in [0.15, 0.2) is 0 Å². The molecule has 26 heavy (non-hydrogen) atoms. The summed E-state index contributed by atoms with van der Waals surface area (Å²) >= 11 is 0. The minimum atomic E-state index is -0.0525. The van der Waals surface area contributed by atoms with Crippen LogP contribution in [-0.4, -0.2) is 36.5 Å². The third-order valence-electron chi connectivity index (χ3n) is 4.69. The van der Waals surface area contributed by atoms with Crippen molar-refractivity contribution in [2.45, 2.75) is 25.8 Å². The Hall–Kier alpha value is -2.82. The molecular weight excluding hydrogens is 326 g/mol. The van der Waals surface area contributed by atoms with Gasteiger partial charge < -0.3 is 15.5 Å². The fourth-order valence-electron chi connectivity index (χ4n) is 3.39. The minimum absolute atomic E-state index is 0.0466. The van der Waals surface area contributed by atoms with Gasteiger partial charge >= 0.3 is 6.03 Å². The summed E-state index contributed by atoms with van der Waals surface area (Å²) in [5.41, 5.74) is 3.72. The van der Waals surface area contributed by atoms with E-state index in [1.807, 2.05) is 29.2 Å². The van der Waals surface area contributed by atoms with E-state index in [0.29, 0.717) is 26.2 Å². The van der Waals surface area contributed by atoms with Crippen molar-refractivity contribution in [3.8, 4) is 0 Å². The second-order valence-electron chi connectivity index (χ2n) is 6.61. The summed E-state index contributed by atoms with van der Waals surface area (Å²) in [5, 5.41) is 5.70. The van der Waals surface area contributed by atoms with Crippen molar-refractivity contribution in [1.29, 1.82) is 0 Å². The van der Waals surface area contributed by atoms with Gasteiger partial charge in [0, 0.05) is 39.0 Å². The van der Waals surface area contributed by atoms with Crippen molar-refractivity contribution in [3.05, 3.63) is 71.3 Å². The molecule has 1 unspecified atom stereocenters. The lowest BCUT2D eigenvalue weighted by molar-refractivity contribution is -0.118. The van der Waals surface area contributed by atoms with Crippen LogP contribution in [0.5, 0.6) is 0 Å². The fraction of sp³-hybridized carbons (Fsp3) is 0.333. The molecule has 2 aromatic rings. The van der Waals surface area contributed by atoms with Crippen molar-refractivity contribution in [2.24, 2.45) is 0 Å². The number of urea groups is 1. The van der Waals surface area contributed by atoms with E-state index in [2.05, 4.69) is 41.0 Å².